The first-order chi connectivity index (χ1) is 13.1. The van der Waals surface area contributed by atoms with Gasteiger partial charge in [-0.2, -0.15) is 0 Å². The van der Waals surface area contributed by atoms with Gasteiger partial charge in [0.2, 0.25) is 0 Å². The van der Waals surface area contributed by atoms with Gasteiger partial charge in [-0.25, -0.2) is 0 Å². The SMILES string of the molecule is COc1ccc(-c2coc3cc(O)ccc3c2=O)cc1N(CCO)CCO. The zero-order valence-electron chi connectivity index (χ0n) is 14.9. The van der Waals surface area contributed by atoms with E-state index in [2.05, 4.69) is 0 Å². The number of aromatic hydroxyl groups is 1. The Balaban J connectivity index is 2.13. The maximum Gasteiger partial charge on any atom is 0.200 e. The van der Waals surface area contributed by atoms with Crippen LogP contribution >= 0.6 is 0 Å². The summed E-state index contributed by atoms with van der Waals surface area (Å²) in [4.78, 5) is 14.6. The van der Waals surface area contributed by atoms with Gasteiger partial charge in [-0.05, 0) is 29.8 Å². The summed E-state index contributed by atoms with van der Waals surface area (Å²) in [5.74, 6) is 0.588. The van der Waals surface area contributed by atoms with Crippen LogP contribution in [0.3, 0.4) is 0 Å². The Hall–Kier alpha value is -3.03. The number of benzene rings is 2. The predicted molar refractivity (Wildman–Crippen MR) is 103 cm³/mol. The number of phenolic OH excluding ortho intramolecular Hbond substituents is 1. The zero-order valence-corrected chi connectivity index (χ0v) is 14.9. The summed E-state index contributed by atoms with van der Waals surface area (Å²) < 4.78 is 10.9. The van der Waals surface area contributed by atoms with Crippen molar-refractivity contribution in [3.8, 4) is 22.6 Å². The molecule has 0 atom stereocenters. The summed E-state index contributed by atoms with van der Waals surface area (Å²) in [6, 6.07) is 9.59. The van der Waals surface area contributed by atoms with Crippen molar-refractivity contribution in [2.75, 3.05) is 38.3 Å². The van der Waals surface area contributed by atoms with E-state index in [1.807, 2.05) is 0 Å². The molecular formula is C20H21NO6. The largest absolute Gasteiger partial charge is 0.508 e. The van der Waals surface area contributed by atoms with E-state index in [0.29, 0.717) is 46.6 Å². The lowest BCUT2D eigenvalue weighted by molar-refractivity contribution is 0.280. The summed E-state index contributed by atoms with van der Waals surface area (Å²) in [6.07, 6.45) is 1.36. The van der Waals surface area contributed by atoms with Crippen LogP contribution in [0.4, 0.5) is 5.69 Å². The van der Waals surface area contributed by atoms with Gasteiger partial charge in [0.15, 0.2) is 5.43 Å². The lowest BCUT2D eigenvalue weighted by Gasteiger charge is -2.25. The number of hydrogen-bond acceptors (Lipinski definition) is 7. The number of ether oxygens (including phenoxy) is 1. The highest BCUT2D eigenvalue weighted by Gasteiger charge is 2.16. The van der Waals surface area contributed by atoms with Crippen molar-refractivity contribution in [2.45, 2.75) is 0 Å². The molecule has 0 aliphatic heterocycles. The summed E-state index contributed by atoms with van der Waals surface area (Å²) in [7, 11) is 1.53. The van der Waals surface area contributed by atoms with E-state index in [1.54, 1.807) is 23.1 Å². The first kappa shape index (κ1) is 18.8. The number of nitrogens with zero attached hydrogens (tertiary/aromatic N) is 1. The quantitative estimate of drug-likeness (QED) is 0.583. The smallest absolute Gasteiger partial charge is 0.200 e. The molecule has 0 radical (unpaired) electrons. The molecule has 7 nitrogen and oxygen atoms in total. The molecule has 1 aromatic heterocycles. The van der Waals surface area contributed by atoms with Gasteiger partial charge in [-0.15, -0.1) is 0 Å². The van der Waals surface area contributed by atoms with Crippen molar-refractivity contribution < 1.29 is 24.5 Å². The Bertz CT molecular complexity index is 991. The summed E-state index contributed by atoms with van der Waals surface area (Å²) >= 11 is 0. The monoisotopic (exact) mass is 371 g/mol. The Morgan fingerprint density at radius 2 is 1.81 bits per heavy atom. The topological polar surface area (TPSA) is 103 Å². The van der Waals surface area contributed by atoms with E-state index in [-0.39, 0.29) is 24.4 Å². The number of hydrogen-bond donors (Lipinski definition) is 3. The van der Waals surface area contributed by atoms with E-state index in [0.717, 1.165) is 0 Å². The summed E-state index contributed by atoms with van der Waals surface area (Å²) in [6.45, 7) is 0.446. The molecule has 1 heterocycles. The molecule has 142 valence electrons. The van der Waals surface area contributed by atoms with E-state index in [9.17, 15) is 20.1 Å². The number of anilines is 1. The number of phenols is 1. The molecule has 0 aliphatic carbocycles. The van der Waals surface area contributed by atoms with Crippen LogP contribution in [0.5, 0.6) is 11.5 Å². The average Bonchev–Trinajstić information content (AvgIpc) is 2.67. The average molecular weight is 371 g/mol. The van der Waals surface area contributed by atoms with Crippen molar-refractivity contribution in [1.29, 1.82) is 0 Å². The number of fused-ring (bicyclic) bond motifs is 1. The van der Waals surface area contributed by atoms with Crippen molar-refractivity contribution in [1.82, 2.24) is 0 Å². The summed E-state index contributed by atoms with van der Waals surface area (Å²) in [5.41, 5.74) is 1.73. The highest BCUT2D eigenvalue weighted by molar-refractivity contribution is 5.83. The van der Waals surface area contributed by atoms with Crippen LogP contribution in [0.25, 0.3) is 22.1 Å². The van der Waals surface area contributed by atoms with Gasteiger partial charge in [-0.3, -0.25) is 4.79 Å². The van der Waals surface area contributed by atoms with E-state index >= 15 is 0 Å². The van der Waals surface area contributed by atoms with Crippen molar-refractivity contribution >= 4 is 16.7 Å². The van der Waals surface area contributed by atoms with Crippen LogP contribution in [0, 0.1) is 0 Å². The third-order valence-electron chi connectivity index (χ3n) is 4.33. The van der Waals surface area contributed by atoms with Crippen molar-refractivity contribution in [3.63, 3.8) is 0 Å². The van der Waals surface area contributed by atoms with Crippen LogP contribution in [-0.4, -0.2) is 48.7 Å². The Morgan fingerprint density at radius 1 is 1.07 bits per heavy atom. The molecule has 27 heavy (non-hydrogen) atoms. The van der Waals surface area contributed by atoms with Crippen LogP contribution in [-0.2, 0) is 0 Å². The van der Waals surface area contributed by atoms with Crippen LogP contribution in [0.15, 0.2) is 51.9 Å². The third kappa shape index (κ3) is 3.74. The lowest BCUT2D eigenvalue weighted by atomic mass is 10.0. The van der Waals surface area contributed by atoms with Gasteiger partial charge < -0.3 is 29.4 Å². The molecule has 0 unspecified atom stereocenters. The Morgan fingerprint density at radius 3 is 2.48 bits per heavy atom. The minimum Gasteiger partial charge on any atom is -0.508 e. The summed E-state index contributed by atoms with van der Waals surface area (Å²) in [5, 5.41) is 28.5. The normalized spacial score (nSPS) is 10.9. The number of methoxy groups -OCH3 is 1. The van der Waals surface area contributed by atoms with E-state index in [1.165, 1.54) is 31.6 Å². The molecule has 0 aliphatic rings. The van der Waals surface area contributed by atoms with Gasteiger partial charge in [0.1, 0.15) is 23.3 Å². The van der Waals surface area contributed by atoms with Gasteiger partial charge >= 0.3 is 0 Å². The van der Waals surface area contributed by atoms with E-state index < -0.39 is 0 Å². The molecule has 0 bridgehead atoms. The minimum absolute atomic E-state index is 0.0220. The van der Waals surface area contributed by atoms with Gasteiger partial charge in [0, 0.05) is 19.2 Å². The minimum atomic E-state index is -0.219. The highest BCUT2D eigenvalue weighted by atomic mass is 16.5. The Labute approximate surface area is 155 Å². The second-order valence-electron chi connectivity index (χ2n) is 5.98. The van der Waals surface area contributed by atoms with Gasteiger partial charge in [-0.1, -0.05) is 6.07 Å². The third-order valence-corrected chi connectivity index (χ3v) is 4.33. The first-order valence-electron chi connectivity index (χ1n) is 8.48. The molecular weight excluding hydrogens is 350 g/mol. The first-order valence-corrected chi connectivity index (χ1v) is 8.48. The second-order valence-corrected chi connectivity index (χ2v) is 5.98. The second kappa shape index (κ2) is 8.11. The fourth-order valence-corrected chi connectivity index (χ4v) is 3.02. The highest BCUT2D eigenvalue weighted by Crippen LogP contribution is 2.33. The standard InChI is InChI=1S/C20H21NO6/c1-26-18-5-2-13(10-17(18)21(6-8-22)7-9-23)16-12-27-19-11-14(24)3-4-15(19)20(16)25/h2-5,10-12,22-24H,6-9H2,1H3. The fourth-order valence-electron chi connectivity index (χ4n) is 3.02. The molecule has 0 spiro atoms. The van der Waals surface area contributed by atoms with E-state index in [4.69, 9.17) is 9.15 Å². The molecule has 0 saturated carbocycles. The number of aliphatic hydroxyl groups is 2. The molecule has 3 rings (SSSR count). The molecule has 3 N–H and O–H groups in total. The number of rotatable bonds is 7. The molecule has 0 fully saturated rings. The maximum absolute atomic E-state index is 12.9. The molecule has 3 aromatic rings. The predicted octanol–water partition coefficient (Wildman–Crippen LogP) is 1.97. The fraction of sp³-hybridized carbons (Fsp3) is 0.250. The Kier molecular flexibility index (Phi) is 5.63. The van der Waals surface area contributed by atoms with Crippen LogP contribution in [0.2, 0.25) is 0 Å². The maximum atomic E-state index is 12.9. The van der Waals surface area contributed by atoms with Crippen LogP contribution in [0.1, 0.15) is 0 Å². The molecule has 0 saturated heterocycles. The van der Waals surface area contributed by atoms with Crippen LogP contribution < -0.4 is 15.1 Å². The molecule has 2 aromatic carbocycles. The molecule has 7 heteroatoms. The van der Waals surface area contributed by atoms with Crippen molar-refractivity contribution in [3.05, 3.63) is 52.9 Å². The van der Waals surface area contributed by atoms with Gasteiger partial charge in [0.05, 0.1) is 37.0 Å². The lowest BCUT2D eigenvalue weighted by Crippen LogP contribution is -2.30. The molecule has 0 amide bonds. The van der Waals surface area contributed by atoms with Crippen molar-refractivity contribution in [2.24, 2.45) is 0 Å². The van der Waals surface area contributed by atoms with Gasteiger partial charge in [0.25, 0.3) is 0 Å². The number of aliphatic hydroxyl groups excluding tert-OH is 2. The zero-order chi connectivity index (χ0) is 19.4.